The van der Waals surface area contributed by atoms with E-state index in [2.05, 4.69) is 5.32 Å². The molecule has 1 atom stereocenters. The van der Waals surface area contributed by atoms with E-state index >= 15 is 0 Å². The predicted molar refractivity (Wildman–Crippen MR) is 161 cm³/mol. The number of aryl methyl sites for hydroxylation is 2. The second-order valence-corrected chi connectivity index (χ2v) is 12.4. The highest BCUT2D eigenvalue weighted by Crippen LogP contribution is 2.26. The number of carbonyl (C=O) groups excluding carboxylic acids is 2. The van der Waals surface area contributed by atoms with Crippen LogP contribution in [0.1, 0.15) is 43.9 Å². The van der Waals surface area contributed by atoms with E-state index in [0.717, 1.165) is 16.7 Å². The Bertz CT molecular complexity index is 1360. The Morgan fingerprint density at radius 2 is 1.45 bits per heavy atom. The molecule has 0 bridgehead atoms. The third kappa shape index (κ3) is 8.18. The monoisotopic (exact) mass is 563 g/mol. The predicted octanol–water partition coefficient (Wildman–Crippen LogP) is 5.12. The zero-order valence-electron chi connectivity index (χ0n) is 24.1. The average molecular weight is 564 g/mol. The quantitative estimate of drug-likeness (QED) is 0.313. The van der Waals surface area contributed by atoms with E-state index < -0.39 is 28.5 Å². The number of hydrogen-bond donors (Lipinski definition) is 1. The third-order valence-corrected chi connectivity index (χ3v) is 8.45. The van der Waals surface area contributed by atoms with Crippen molar-refractivity contribution in [2.75, 3.05) is 23.9 Å². The molecule has 0 aromatic heterocycles. The molecule has 0 aliphatic carbocycles. The number of hydrogen-bond acceptors (Lipinski definition) is 4. The van der Waals surface area contributed by atoms with Crippen molar-refractivity contribution in [3.8, 4) is 0 Å². The lowest BCUT2D eigenvalue weighted by Gasteiger charge is -2.33. The van der Waals surface area contributed by atoms with Crippen molar-refractivity contribution < 1.29 is 18.0 Å². The maximum atomic E-state index is 14.1. The van der Waals surface area contributed by atoms with E-state index in [0.29, 0.717) is 25.1 Å². The Balaban J connectivity index is 2.01. The van der Waals surface area contributed by atoms with Crippen molar-refractivity contribution >= 4 is 27.5 Å². The lowest BCUT2D eigenvalue weighted by atomic mass is 10.1. The van der Waals surface area contributed by atoms with Gasteiger partial charge >= 0.3 is 0 Å². The molecule has 3 aromatic carbocycles. The zero-order chi connectivity index (χ0) is 29.3. The summed E-state index contributed by atoms with van der Waals surface area (Å²) in [7, 11) is -4.07. The van der Waals surface area contributed by atoms with E-state index in [1.54, 1.807) is 35.2 Å². The van der Waals surface area contributed by atoms with Crippen molar-refractivity contribution in [3.05, 3.63) is 95.6 Å². The van der Waals surface area contributed by atoms with E-state index in [4.69, 9.17) is 0 Å². The largest absolute Gasteiger partial charge is 0.354 e. The SMILES string of the molecule is CC[C@H](C(=O)NCC(C)C)N(CCc1ccccc1)C(=O)CN(c1cc(C)cc(C)c1)S(=O)(=O)c1ccccc1. The van der Waals surface area contributed by atoms with Gasteiger partial charge in [0.25, 0.3) is 10.0 Å². The van der Waals surface area contributed by atoms with Crippen LogP contribution >= 0.6 is 0 Å². The van der Waals surface area contributed by atoms with Crippen LogP contribution in [0.25, 0.3) is 0 Å². The summed E-state index contributed by atoms with van der Waals surface area (Å²) < 4.78 is 29.0. The molecule has 3 rings (SSSR count). The summed E-state index contributed by atoms with van der Waals surface area (Å²) in [5.74, 6) is -0.409. The molecule has 0 aliphatic rings. The van der Waals surface area contributed by atoms with Gasteiger partial charge in [-0.3, -0.25) is 13.9 Å². The van der Waals surface area contributed by atoms with Crippen LogP contribution in [0.5, 0.6) is 0 Å². The van der Waals surface area contributed by atoms with Gasteiger partial charge in [-0.2, -0.15) is 0 Å². The molecule has 0 saturated carbocycles. The first-order valence-corrected chi connectivity index (χ1v) is 15.2. The van der Waals surface area contributed by atoms with Crippen LogP contribution in [-0.4, -0.2) is 50.8 Å². The summed E-state index contributed by atoms with van der Waals surface area (Å²) in [6.07, 6.45) is 0.939. The molecule has 0 heterocycles. The van der Waals surface area contributed by atoms with Crippen molar-refractivity contribution in [2.45, 2.75) is 58.4 Å². The summed E-state index contributed by atoms with van der Waals surface area (Å²) in [4.78, 5) is 29.0. The highest BCUT2D eigenvalue weighted by Gasteiger charge is 2.33. The van der Waals surface area contributed by atoms with Crippen LogP contribution in [-0.2, 0) is 26.0 Å². The number of nitrogens with zero attached hydrogens (tertiary/aromatic N) is 2. The number of nitrogens with one attached hydrogen (secondary N) is 1. The van der Waals surface area contributed by atoms with E-state index in [-0.39, 0.29) is 23.3 Å². The summed E-state index contributed by atoms with van der Waals surface area (Å²) >= 11 is 0. The molecule has 0 fully saturated rings. The maximum absolute atomic E-state index is 14.1. The summed E-state index contributed by atoms with van der Waals surface area (Å²) in [6, 6.07) is 22.6. The summed E-state index contributed by atoms with van der Waals surface area (Å²) in [5.41, 5.74) is 3.21. The highest BCUT2D eigenvalue weighted by atomic mass is 32.2. The minimum atomic E-state index is -4.07. The minimum absolute atomic E-state index is 0.0968. The number of benzene rings is 3. The normalized spacial score (nSPS) is 12.2. The third-order valence-electron chi connectivity index (χ3n) is 6.66. The molecule has 0 radical (unpaired) electrons. The number of sulfonamides is 1. The first-order chi connectivity index (χ1) is 19.0. The molecule has 1 N–H and O–H groups in total. The number of carbonyl (C=O) groups is 2. The Kier molecular flexibility index (Phi) is 10.9. The van der Waals surface area contributed by atoms with E-state index in [1.807, 2.05) is 71.0 Å². The molecule has 0 aliphatic heterocycles. The smallest absolute Gasteiger partial charge is 0.264 e. The van der Waals surface area contributed by atoms with Gasteiger partial charge in [-0.1, -0.05) is 75.4 Å². The van der Waals surface area contributed by atoms with Gasteiger partial charge in [0.05, 0.1) is 10.6 Å². The highest BCUT2D eigenvalue weighted by molar-refractivity contribution is 7.92. The first kappa shape index (κ1) is 30.9. The lowest BCUT2D eigenvalue weighted by Crippen LogP contribution is -2.53. The van der Waals surface area contributed by atoms with Crippen LogP contribution in [0.15, 0.2) is 83.8 Å². The second-order valence-electron chi connectivity index (χ2n) is 10.6. The second kappa shape index (κ2) is 14.1. The average Bonchev–Trinajstić information content (AvgIpc) is 2.92. The van der Waals surface area contributed by atoms with Gasteiger partial charge in [0, 0.05) is 13.1 Å². The van der Waals surface area contributed by atoms with Crippen molar-refractivity contribution in [1.82, 2.24) is 10.2 Å². The fraction of sp³-hybridized carbons (Fsp3) is 0.375. The topological polar surface area (TPSA) is 86.8 Å². The Morgan fingerprint density at radius 1 is 0.875 bits per heavy atom. The standard InChI is InChI=1S/C32H41N3O4S/c1-6-30(32(37)33-22-24(2)3)34(18-17-27-13-9-7-10-14-27)31(36)23-35(28-20-25(4)19-26(5)21-28)40(38,39)29-15-11-8-12-16-29/h7-16,19-21,24,30H,6,17-18,22-23H2,1-5H3,(H,33,37)/t30-/m1/s1. The van der Waals surface area contributed by atoms with Crippen LogP contribution in [0.2, 0.25) is 0 Å². The van der Waals surface area contributed by atoms with Gasteiger partial charge in [0.15, 0.2) is 0 Å². The Morgan fingerprint density at radius 3 is 2.00 bits per heavy atom. The van der Waals surface area contributed by atoms with Crippen LogP contribution in [0.3, 0.4) is 0 Å². The van der Waals surface area contributed by atoms with Crippen LogP contribution in [0.4, 0.5) is 5.69 Å². The fourth-order valence-electron chi connectivity index (χ4n) is 4.66. The van der Waals surface area contributed by atoms with Crippen LogP contribution < -0.4 is 9.62 Å². The Hall–Kier alpha value is -3.65. The molecular weight excluding hydrogens is 522 g/mol. The van der Waals surface area contributed by atoms with Crippen LogP contribution in [0, 0.1) is 19.8 Å². The van der Waals surface area contributed by atoms with Gasteiger partial charge in [-0.15, -0.1) is 0 Å². The van der Waals surface area contributed by atoms with Gasteiger partial charge in [0.1, 0.15) is 12.6 Å². The van der Waals surface area contributed by atoms with Crippen molar-refractivity contribution in [2.24, 2.45) is 5.92 Å². The van der Waals surface area contributed by atoms with E-state index in [1.165, 1.54) is 16.4 Å². The summed E-state index contributed by atoms with van der Waals surface area (Å²) in [5, 5.41) is 2.96. The van der Waals surface area contributed by atoms with E-state index in [9.17, 15) is 18.0 Å². The van der Waals surface area contributed by atoms with Gasteiger partial charge in [-0.25, -0.2) is 8.42 Å². The lowest BCUT2D eigenvalue weighted by molar-refractivity contribution is -0.139. The van der Waals surface area contributed by atoms with Crippen molar-refractivity contribution in [3.63, 3.8) is 0 Å². The van der Waals surface area contributed by atoms with Gasteiger partial charge < -0.3 is 10.2 Å². The maximum Gasteiger partial charge on any atom is 0.264 e. The molecule has 0 unspecified atom stereocenters. The molecule has 0 saturated heterocycles. The molecule has 3 aromatic rings. The van der Waals surface area contributed by atoms with Gasteiger partial charge in [0.2, 0.25) is 11.8 Å². The first-order valence-electron chi connectivity index (χ1n) is 13.8. The molecule has 40 heavy (non-hydrogen) atoms. The fourth-order valence-corrected chi connectivity index (χ4v) is 6.08. The minimum Gasteiger partial charge on any atom is -0.354 e. The molecule has 2 amide bonds. The number of anilines is 1. The number of rotatable bonds is 13. The number of amides is 2. The molecule has 214 valence electrons. The van der Waals surface area contributed by atoms with Crippen molar-refractivity contribution in [1.29, 1.82) is 0 Å². The molecular formula is C32H41N3O4S. The zero-order valence-corrected chi connectivity index (χ0v) is 24.9. The Labute approximate surface area is 239 Å². The molecule has 0 spiro atoms. The molecule has 8 heteroatoms. The summed E-state index contributed by atoms with van der Waals surface area (Å²) in [6.45, 7) is 10.0. The molecule has 7 nitrogen and oxygen atoms in total. The van der Waals surface area contributed by atoms with Gasteiger partial charge in [-0.05, 0) is 73.6 Å².